The van der Waals surface area contributed by atoms with Crippen molar-refractivity contribution < 1.29 is 8.42 Å². The van der Waals surface area contributed by atoms with E-state index in [4.69, 9.17) is 10.4 Å². The second-order valence-electron chi connectivity index (χ2n) is 3.38. The van der Waals surface area contributed by atoms with Crippen LogP contribution < -0.4 is 5.14 Å². The van der Waals surface area contributed by atoms with E-state index in [1.807, 2.05) is 0 Å². The molecule has 0 saturated heterocycles. The van der Waals surface area contributed by atoms with Crippen molar-refractivity contribution in [2.45, 2.75) is 11.9 Å². The lowest BCUT2D eigenvalue weighted by Gasteiger charge is -2.02. The second kappa shape index (κ2) is 4.17. The van der Waals surface area contributed by atoms with Crippen LogP contribution in [0.4, 0.5) is 0 Å². The fraction of sp³-hybridized carbons (Fsp3) is 0.111. The predicted octanol–water partition coefficient (Wildman–Crippen LogP) is -0.510. The Balaban J connectivity index is 2.83. The molecular weight excluding hydrogens is 256 g/mol. The topological polar surface area (TPSA) is 128 Å². The molecule has 8 nitrogen and oxygen atoms in total. The molecule has 92 valence electrons. The summed E-state index contributed by atoms with van der Waals surface area (Å²) in [6.45, 7) is 1.51. The SMILES string of the molecule is Cc1nn(-c2ncccn2)c(S(N)(=O)=O)c1C#N. The van der Waals surface area contributed by atoms with Crippen molar-refractivity contribution in [3.8, 4) is 12.0 Å². The Morgan fingerprint density at radius 2 is 2.00 bits per heavy atom. The molecule has 0 fully saturated rings. The normalized spacial score (nSPS) is 11.2. The third-order valence-electron chi connectivity index (χ3n) is 2.14. The van der Waals surface area contributed by atoms with E-state index in [9.17, 15) is 8.42 Å². The molecule has 2 N–H and O–H groups in total. The molecule has 0 aliphatic heterocycles. The van der Waals surface area contributed by atoms with Gasteiger partial charge in [0.05, 0.1) is 5.69 Å². The summed E-state index contributed by atoms with van der Waals surface area (Å²) in [5, 5.41) is 17.6. The first kappa shape index (κ1) is 12.2. The van der Waals surface area contributed by atoms with Gasteiger partial charge < -0.3 is 0 Å². The van der Waals surface area contributed by atoms with E-state index in [0.717, 1.165) is 4.68 Å². The number of aryl methyl sites for hydroxylation is 1. The van der Waals surface area contributed by atoms with E-state index >= 15 is 0 Å². The molecule has 0 saturated carbocycles. The fourth-order valence-electron chi connectivity index (χ4n) is 1.43. The molecule has 0 aliphatic rings. The lowest BCUT2D eigenvalue weighted by Crippen LogP contribution is -2.19. The molecule has 2 rings (SSSR count). The number of primary sulfonamides is 1. The standard InChI is InChI=1S/C9H8N6O2S/c1-6-7(5-10)8(18(11,16)17)15(14-6)9-12-3-2-4-13-9/h2-4H,1H3,(H2,11,16,17). The van der Waals surface area contributed by atoms with Crippen LogP contribution in [0.15, 0.2) is 23.5 Å². The van der Waals surface area contributed by atoms with Crippen molar-refractivity contribution >= 4 is 10.0 Å². The van der Waals surface area contributed by atoms with Gasteiger partial charge in [-0.2, -0.15) is 15.0 Å². The van der Waals surface area contributed by atoms with E-state index in [1.165, 1.54) is 19.3 Å². The number of nitriles is 1. The highest BCUT2D eigenvalue weighted by Crippen LogP contribution is 2.19. The predicted molar refractivity (Wildman–Crippen MR) is 60.0 cm³/mol. The molecule has 9 heteroatoms. The molecule has 0 bridgehead atoms. The van der Waals surface area contributed by atoms with Gasteiger partial charge in [-0.1, -0.05) is 0 Å². The van der Waals surface area contributed by atoms with Gasteiger partial charge in [-0.05, 0) is 13.0 Å². The minimum atomic E-state index is -4.11. The van der Waals surface area contributed by atoms with Crippen LogP contribution >= 0.6 is 0 Å². The van der Waals surface area contributed by atoms with Crippen molar-refractivity contribution in [1.82, 2.24) is 19.7 Å². The Bertz CT molecular complexity index is 728. The minimum Gasteiger partial charge on any atom is -0.223 e. The number of sulfonamides is 1. The maximum atomic E-state index is 11.5. The third-order valence-corrected chi connectivity index (χ3v) is 3.06. The molecule has 2 aromatic rings. The van der Waals surface area contributed by atoms with Gasteiger partial charge in [0.2, 0.25) is 0 Å². The lowest BCUT2D eigenvalue weighted by molar-refractivity contribution is 0.584. The van der Waals surface area contributed by atoms with Gasteiger partial charge in [0.15, 0.2) is 5.03 Å². The summed E-state index contributed by atoms with van der Waals surface area (Å²) in [5.74, 6) is 0.0334. The maximum Gasteiger partial charge on any atom is 0.257 e. The number of hydrogen-bond acceptors (Lipinski definition) is 6. The van der Waals surface area contributed by atoms with Gasteiger partial charge >= 0.3 is 0 Å². The van der Waals surface area contributed by atoms with Crippen LogP contribution in [0.25, 0.3) is 5.95 Å². The molecule has 2 aromatic heterocycles. The average molecular weight is 264 g/mol. The molecule has 0 spiro atoms. The van der Waals surface area contributed by atoms with E-state index in [1.54, 1.807) is 12.1 Å². The zero-order valence-electron chi connectivity index (χ0n) is 9.27. The van der Waals surface area contributed by atoms with Crippen LogP contribution in [0.3, 0.4) is 0 Å². The van der Waals surface area contributed by atoms with E-state index in [0.29, 0.717) is 0 Å². The van der Waals surface area contributed by atoms with Crippen molar-refractivity contribution in [3.63, 3.8) is 0 Å². The molecule has 18 heavy (non-hydrogen) atoms. The molecular formula is C9H8N6O2S. The van der Waals surface area contributed by atoms with Crippen molar-refractivity contribution in [2.75, 3.05) is 0 Å². The highest BCUT2D eigenvalue weighted by Gasteiger charge is 2.26. The van der Waals surface area contributed by atoms with Gasteiger partial charge in [0.1, 0.15) is 11.6 Å². The number of nitrogens with two attached hydrogens (primary N) is 1. The Morgan fingerprint density at radius 1 is 1.39 bits per heavy atom. The summed E-state index contributed by atoms with van der Waals surface area (Å²) in [6.07, 6.45) is 2.86. The highest BCUT2D eigenvalue weighted by atomic mass is 32.2. The number of hydrogen-bond donors (Lipinski definition) is 1. The largest absolute Gasteiger partial charge is 0.257 e. The van der Waals surface area contributed by atoms with Crippen LogP contribution in [0, 0.1) is 18.3 Å². The highest BCUT2D eigenvalue weighted by molar-refractivity contribution is 7.89. The summed E-state index contributed by atoms with van der Waals surface area (Å²) < 4.78 is 24.0. The summed E-state index contributed by atoms with van der Waals surface area (Å²) in [7, 11) is -4.11. The second-order valence-corrected chi connectivity index (χ2v) is 4.86. The summed E-state index contributed by atoms with van der Waals surface area (Å²) >= 11 is 0. The van der Waals surface area contributed by atoms with E-state index in [2.05, 4.69) is 15.1 Å². The van der Waals surface area contributed by atoms with Crippen LogP contribution in [0.5, 0.6) is 0 Å². The van der Waals surface area contributed by atoms with Gasteiger partial charge in [-0.25, -0.2) is 23.5 Å². The molecule has 0 unspecified atom stereocenters. The third kappa shape index (κ3) is 1.94. The summed E-state index contributed by atoms with van der Waals surface area (Å²) in [6, 6.07) is 3.33. The number of aromatic nitrogens is 4. The molecule has 0 amide bonds. The Morgan fingerprint density at radius 3 is 2.50 bits per heavy atom. The molecule has 0 radical (unpaired) electrons. The zero-order chi connectivity index (χ0) is 13.3. The first-order valence-electron chi connectivity index (χ1n) is 4.75. The molecule has 2 heterocycles. The Kier molecular flexibility index (Phi) is 2.82. The monoisotopic (exact) mass is 264 g/mol. The lowest BCUT2D eigenvalue weighted by atomic mass is 10.3. The van der Waals surface area contributed by atoms with Gasteiger partial charge in [-0.15, -0.1) is 0 Å². The number of nitrogens with zero attached hydrogens (tertiary/aromatic N) is 5. The first-order chi connectivity index (χ1) is 8.45. The van der Waals surface area contributed by atoms with Gasteiger partial charge in [0.25, 0.3) is 16.0 Å². The zero-order valence-corrected chi connectivity index (χ0v) is 10.1. The smallest absolute Gasteiger partial charge is 0.223 e. The van der Waals surface area contributed by atoms with Gasteiger partial charge in [0, 0.05) is 12.4 Å². The maximum absolute atomic E-state index is 11.5. The summed E-state index contributed by atoms with van der Waals surface area (Å²) in [5.41, 5.74) is 0.138. The average Bonchev–Trinajstić information content (AvgIpc) is 2.67. The summed E-state index contributed by atoms with van der Waals surface area (Å²) in [4.78, 5) is 7.74. The van der Waals surface area contributed by atoms with Crippen molar-refractivity contribution in [2.24, 2.45) is 5.14 Å². The van der Waals surface area contributed by atoms with Crippen LogP contribution in [0.2, 0.25) is 0 Å². The fourth-order valence-corrected chi connectivity index (χ4v) is 2.28. The van der Waals surface area contributed by atoms with E-state index < -0.39 is 15.0 Å². The first-order valence-corrected chi connectivity index (χ1v) is 6.29. The van der Waals surface area contributed by atoms with Crippen molar-refractivity contribution in [1.29, 1.82) is 5.26 Å². The van der Waals surface area contributed by atoms with Crippen LogP contribution in [-0.2, 0) is 10.0 Å². The minimum absolute atomic E-state index is 0.0334. The van der Waals surface area contributed by atoms with Crippen LogP contribution in [0.1, 0.15) is 11.3 Å². The number of rotatable bonds is 2. The Hall–Kier alpha value is -2.31. The van der Waals surface area contributed by atoms with E-state index in [-0.39, 0.29) is 17.2 Å². The quantitative estimate of drug-likeness (QED) is 0.778. The molecule has 0 aliphatic carbocycles. The van der Waals surface area contributed by atoms with Crippen molar-refractivity contribution in [3.05, 3.63) is 29.7 Å². The van der Waals surface area contributed by atoms with Crippen LogP contribution in [-0.4, -0.2) is 28.2 Å². The Labute approximate surface area is 103 Å². The molecule has 0 atom stereocenters. The van der Waals surface area contributed by atoms with Gasteiger partial charge in [-0.3, -0.25) is 0 Å². The molecule has 0 aromatic carbocycles.